The number of rotatable bonds is 3. The number of aromatic nitrogens is 2. The van der Waals surface area contributed by atoms with Crippen molar-refractivity contribution < 1.29 is 9.53 Å². The lowest BCUT2D eigenvalue weighted by Crippen LogP contribution is -2.24. The Labute approximate surface area is 107 Å². The van der Waals surface area contributed by atoms with Gasteiger partial charge in [-0.05, 0) is 24.7 Å². The number of methoxy groups -OCH3 is 1. The van der Waals surface area contributed by atoms with E-state index in [2.05, 4.69) is 33.9 Å². The SMILES string of the molecule is COC(=O)c1cnc(NC2CCC(C)C2C)cn1. The smallest absolute Gasteiger partial charge is 0.358 e. The van der Waals surface area contributed by atoms with Gasteiger partial charge in [0, 0.05) is 6.04 Å². The third-order valence-electron chi connectivity index (χ3n) is 3.84. The maximum absolute atomic E-state index is 11.2. The summed E-state index contributed by atoms with van der Waals surface area (Å²) in [5.41, 5.74) is 0.232. The first-order valence-electron chi connectivity index (χ1n) is 6.28. The summed E-state index contributed by atoms with van der Waals surface area (Å²) in [6.45, 7) is 4.53. The minimum atomic E-state index is -0.461. The molecule has 3 atom stereocenters. The Bertz CT molecular complexity index is 419. The van der Waals surface area contributed by atoms with E-state index >= 15 is 0 Å². The molecule has 0 saturated heterocycles. The molecule has 1 fully saturated rings. The van der Waals surface area contributed by atoms with E-state index in [1.165, 1.54) is 19.7 Å². The molecule has 98 valence electrons. The number of hydrogen-bond acceptors (Lipinski definition) is 5. The van der Waals surface area contributed by atoms with E-state index in [0.29, 0.717) is 17.8 Å². The van der Waals surface area contributed by atoms with E-state index in [4.69, 9.17) is 0 Å². The van der Waals surface area contributed by atoms with Gasteiger partial charge in [0.05, 0.1) is 19.5 Å². The van der Waals surface area contributed by atoms with E-state index in [1.54, 1.807) is 6.20 Å². The number of ether oxygens (including phenoxy) is 1. The van der Waals surface area contributed by atoms with Gasteiger partial charge in [-0.1, -0.05) is 13.8 Å². The molecular formula is C13H19N3O2. The lowest BCUT2D eigenvalue weighted by molar-refractivity contribution is 0.0593. The quantitative estimate of drug-likeness (QED) is 0.831. The van der Waals surface area contributed by atoms with Gasteiger partial charge in [-0.25, -0.2) is 14.8 Å². The van der Waals surface area contributed by atoms with Crippen LogP contribution in [0.5, 0.6) is 0 Å². The van der Waals surface area contributed by atoms with Crippen molar-refractivity contribution in [3.63, 3.8) is 0 Å². The molecule has 0 aromatic carbocycles. The van der Waals surface area contributed by atoms with E-state index in [0.717, 1.165) is 12.3 Å². The molecule has 3 unspecified atom stereocenters. The van der Waals surface area contributed by atoms with Gasteiger partial charge in [0.15, 0.2) is 5.69 Å². The molecule has 1 N–H and O–H groups in total. The van der Waals surface area contributed by atoms with Crippen molar-refractivity contribution in [2.75, 3.05) is 12.4 Å². The van der Waals surface area contributed by atoms with E-state index in [-0.39, 0.29) is 5.69 Å². The van der Waals surface area contributed by atoms with Crippen molar-refractivity contribution in [1.82, 2.24) is 9.97 Å². The highest BCUT2D eigenvalue weighted by Gasteiger charge is 2.29. The Morgan fingerprint density at radius 3 is 2.61 bits per heavy atom. The fourth-order valence-electron chi connectivity index (χ4n) is 2.37. The van der Waals surface area contributed by atoms with Crippen LogP contribution in [0.3, 0.4) is 0 Å². The second-order valence-electron chi connectivity index (χ2n) is 4.94. The highest BCUT2D eigenvalue weighted by molar-refractivity contribution is 5.86. The van der Waals surface area contributed by atoms with Gasteiger partial charge >= 0.3 is 5.97 Å². The van der Waals surface area contributed by atoms with Crippen LogP contribution in [0.2, 0.25) is 0 Å². The van der Waals surface area contributed by atoms with Crippen LogP contribution in [-0.2, 0) is 4.74 Å². The molecule has 0 aliphatic heterocycles. The summed E-state index contributed by atoms with van der Waals surface area (Å²) in [5, 5.41) is 3.38. The monoisotopic (exact) mass is 249 g/mol. The van der Waals surface area contributed by atoms with E-state index < -0.39 is 5.97 Å². The summed E-state index contributed by atoms with van der Waals surface area (Å²) >= 11 is 0. The molecule has 1 aromatic rings. The maximum atomic E-state index is 11.2. The molecule has 5 nitrogen and oxygen atoms in total. The van der Waals surface area contributed by atoms with Crippen LogP contribution in [0.15, 0.2) is 12.4 Å². The zero-order valence-electron chi connectivity index (χ0n) is 11.0. The third-order valence-corrected chi connectivity index (χ3v) is 3.84. The topological polar surface area (TPSA) is 64.1 Å². The molecule has 1 aliphatic carbocycles. The number of nitrogens with zero attached hydrogens (tertiary/aromatic N) is 2. The second kappa shape index (κ2) is 5.33. The van der Waals surface area contributed by atoms with E-state index in [1.807, 2.05) is 0 Å². The maximum Gasteiger partial charge on any atom is 0.358 e. The lowest BCUT2D eigenvalue weighted by atomic mass is 9.98. The predicted octanol–water partition coefficient (Wildman–Crippen LogP) is 2.11. The normalized spacial score (nSPS) is 26.9. The summed E-state index contributed by atoms with van der Waals surface area (Å²) in [4.78, 5) is 19.5. The standard InChI is InChI=1S/C13H19N3O2/c1-8-4-5-10(9(8)2)16-12-7-14-11(6-15-12)13(17)18-3/h6-10H,4-5H2,1-3H3,(H,15,16). The Morgan fingerprint density at radius 2 is 2.11 bits per heavy atom. The Balaban J connectivity index is 2.00. The zero-order valence-corrected chi connectivity index (χ0v) is 11.0. The Morgan fingerprint density at radius 1 is 1.33 bits per heavy atom. The van der Waals surface area contributed by atoms with Crippen molar-refractivity contribution in [2.45, 2.75) is 32.7 Å². The van der Waals surface area contributed by atoms with Crippen molar-refractivity contribution in [3.8, 4) is 0 Å². The first-order valence-corrected chi connectivity index (χ1v) is 6.28. The molecule has 1 heterocycles. The van der Waals surface area contributed by atoms with Gasteiger partial charge in [-0.2, -0.15) is 0 Å². The minimum absolute atomic E-state index is 0.232. The van der Waals surface area contributed by atoms with Gasteiger partial charge in [-0.3, -0.25) is 0 Å². The van der Waals surface area contributed by atoms with Gasteiger partial charge in [0.1, 0.15) is 5.82 Å². The highest BCUT2D eigenvalue weighted by atomic mass is 16.5. The van der Waals surface area contributed by atoms with Crippen molar-refractivity contribution in [2.24, 2.45) is 11.8 Å². The van der Waals surface area contributed by atoms with Crippen molar-refractivity contribution in [1.29, 1.82) is 0 Å². The largest absolute Gasteiger partial charge is 0.464 e. The van der Waals surface area contributed by atoms with Crippen LogP contribution in [0.1, 0.15) is 37.2 Å². The molecule has 1 aliphatic rings. The number of esters is 1. The van der Waals surface area contributed by atoms with Gasteiger partial charge in [-0.15, -0.1) is 0 Å². The molecule has 18 heavy (non-hydrogen) atoms. The average Bonchev–Trinajstić information content (AvgIpc) is 2.71. The number of carbonyl (C=O) groups excluding carboxylic acids is 1. The van der Waals surface area contributed by atoms with Crippen LogP contribution in [0.4, 0.5) is 5.82 Å². The lowest BCUT2D eigenvalue weighted by Gasteiger charge is -2.19. The number of anilines is 1. The molecular weight excluding hydrogens is 230 g/mol. The fourth-order valence-corrected chi connectivity index (χ4v) is 2.37. The summed E-state index contributed by atoms with van der Waals surface area (Å²) < 4.78 is 4.58. The molecule has 2 rings (SSSR count). The van der Waals surface area contributed by atoms with E-state index in [9.17, 15) is 4.79 Å². The fraction of sp³-hybridized carbons (Fsp3) is 0.615. The zero-order chi connectivity index (χ0) is 13.1. The molecule has 5 heteroatoms. The van der Waals surface area contributed by atoms with Crippen molar-refractivity contribution in [3.05, 3.63) is 18.1 Å². The first kappa shape index (κ1) is 12.8. The van der Waals surface area contributed by atoms with Gasteiger partial charge < -0.3 is 10.1 Å². The Hall–Kier alpha value is -1.65. The van der Waals surface area contributed by atoms with Crippen LogP contribution in [0, 0.1) is 11.8 Å². The third kappa shape index (κ3) is 2.60. The molecule has 0 spiro atoms. The molecule has 1 aromatic heterocycles. The van der Waals surface area contributed by atoms with Gasteiger partial charge in [0.25, 0.3) is 0 Å². The second-order valence-corrected chi connectivity index (χ2v) is 4.94. The minimum Gasteiger partial charge on any atom is -0.464 e. The summed E-state index contributed by atoms with van der Waals surface area (Å²) in [7, 11) is 1.33. The number of carbonyl (C=O) groups is 1. The van der Waals surface area contributed by atoms with Gasteiger partial charge in [0.2, 0.25) is 0 Å². The van der Waals surface area contributed by atoms with Crippen LogP contribution >= 0.6 is 0 Å². The first-order chi connectivity index (χ1) is 8.61. The molecule has 0 amide bonds. The molecule has 0 radical (unpaired) electrons. The average molecular weight is 249 g/mol. The highest BCUT2D eigenvalue weighted by Crippen LogP contribution is 2.32. The predicted molar refractivity (Wildman–Crippen MR) is 68.3 cm³/mol. The van der Waals surface area contributed by atoms with Crippen LogP contribution < -0.4 is 5.32 Å². The van der Waals surface area contributed by atoms with Crippen LogP contribution in [0.25, 0.3) is 0 Å². The summed E-state index contributed by atoms with van der Waals surface area (Å²) in [5.74, 6) is 1.63. The van der Waals surface area contributed by atoms with Crippen molar-refractivity contribution >= 4 is 11.8 Å². The Kier molecular flexibility index (Phi) is 3.79. The number of nitrogens with one attached hydrogen (secondary N) is 1. The molecule has 0 bridgehead atoms. The summed E-state index contributed by atoms with van der Waals surface area (Å²) in [6, 6.07) is 0.443. The number of hydrogen-bond donors (Lipinski definition) is 1. The summed E-state index contributed by atoms with van der Waals surface area (Å²) in [6.07, 6.45) is 5.43. The molecule has 1 saturated carbocycles. The van der Waals surface area contributed by atoms with Crippen LogP contribution in [-0.4, -0.2) is 29.1 Å².